The van der Waals surface area contributed by atoms with E-state index in [4.69, 9.17) is 4.74 Å². The van der Waals surface area contributed by atoms with Gasteiger partial charge in [-0.25, -0.2) is 13.8 Å². The van der Waals surface area contributed by atoms with Crippen molar-refractivity contribution >= 4 is 22.4 Å². The van der Waals surface area contributed by atoms with E-state index in [1.807, 2.05) is 24.4 Å². The largest absolute Gasteiger partial charge is 0.492 e. The summed E-state index contributed by atoms with van der Waals surface area (Å²) in [5.41, 5.74) is 0.926. The average Bonchev–Trinajstić information content (AvgIpc) is 3.06. The number of hydrogen-bond acceptors (Lipinski definition) is 5. The zero-order valence-corrected chi connectivity index (χ0v) is 15.2. The molecule has 136 valence electrons. The average molecular weight is 369 g/mol. The van der Waals surface area contributed by atoms with Crippen LogP contribution in [0.4, 0.5) is 13.9 Å². The number of nitrogens with zero attached hydrogens (tertiary/aromatic N) is 3. The van der Waals surface area contributed by atoms with E-state index in [0.29, 0.717) is 19.0 Å². The van der Waals surface area contributed by atoms with Gasteiger partial charge in [0.05, 0.1) is 18.8 Å². The summed E-state index contributed by atoms with van der Waals surface area (Å²) in [7, 11) is 5.56. The molecule has 0 aliphatic carbocycles. The molecule has 0 amide bonds. The number of halogens is 2. The summed E-state index contributed by atoms with van der Waals surface area (Å²) in [6.07, 6.45) is 0. The molecule has 0 radical (unpaired) electrons. The molecule has 0 fully saturated rings. The first kappa shape index (κ1) is 18.9. The monoisotopic (exact) mass is 369 g/mol. The van der Waals surface area contributed by atoms with Crippen LogP contribution in [0.3, 0.4) is 0 Å². The van der Waals surface area contributed by atoms with Crippen LogP contribution in [0.2, 0.25) is 0 Å². The number of aromatic nitrogens is 1. The Morgan fingerprint density at radius 2 is 2.08 bits per heavy atom. The molecule has 2 aromatic rings. The predicted octanol–water partition coefficient (Wildman–Crippen LogP) is 2.23. The van der Waals surface area contributed by atoms with Gasteiger partial charge in [0, 0.05) is 32.6 Å². The van der Waals surface area contributed by atoms with Crippen LogP contribution < -0.4 is 20.3 Å². The highest BCUT2D eigenvalue weighted by atomic mass is 32.1. The molecule has 0 unspecified atom stereocenters. The highest BCUT2D eigenvalue weighted by Gasteiger charge is 2.05. The normalized spacial score (nSPS) is 11.3. The fraction of sp³-hybridized carbons (Fsp3) is 0.375. The lowest BCUT2D eigenvalue weighted by Crippen LogP contribution is -2.38. The Bertz CT molecular complexity index is 720. The zero-order chi connectivity index (χ0) is 18.2. The van der Waals surface area contributed by atoms with E-state index in [2.05, 4.69) is 20.6 Å². The lowest BCUT2D eigenvalue weighted by atomic mass is 10.3. The third-order valence-corrected chi connectivity index (χ3v) is 4.19. The molecule has 1 aromatic carbocycles. The van der Waals surface area contributed by atoms with Crippen molar-refractivity contribution in [3.8, 4) is 5.75 Å². The van der Waals surface area contributed by atoms with Crippen LogP contribution in [0.25, 0.3) is 0 Å². The van der Waals surface area contributed by atoms with Crippen LogP contribution in [-0.2, 0) is 6.54 Å². The summed E-state index contributed by atoms with van der Waals surface area (Å²) in [5, 5.41) is 9.16. The molecule has 25 heavy (non-hydrogen) atoms. The van der Waals surface area contributed by atoms with Crippen molar-refractivity contribution in [2.75, 3.05) is 39.2 Å². The second-order valence-corrected chi connectivity index (χ2v) is 6.13. The van der Waals surface area contributed by atoms with Gasteiger partial charge in [-0.2, -0.15) is 0 Å². The molecular formula is C16H21F2N5OS. The van der Waals surface area contributed by atoms with Gasteiger partial charge >= 0.3 is 0 Å². The van der Waals surface area contributed by atoms with E-state index in [0.717, 1.165) is 23.0 Å². The second kappa shape index (κ2) is 9.16. The maximum absolute atomic E-state index is 13.1. The minimum absolute atomic E-state index is 0.280. The summed E-state index contributed by atoms with van der Waals surface area (Å²) in [6.45, 7) is 1.29. The van der Waals surface area contributed by atoms with Crippen molar-refractivity contribution in [3.63, 3.8) is 0 Å². The van der Waals surface area contributed by atoms with Crippen LogP contribution in [-0.4, -0.2) is 45.2 Å². The standard InChI is InChI=1S/C16H21F2N5OS/c1-19-15(21-9-11-10-25-16(22-11)23(2)3)20-6-7-24-12-4-5-13(17)14(18)8-12/h4-5,8,10H,6-7,9H2,1-3H3,(H2,19,20,21). The van der Waals surface area contributed by atoms with Gasteiger partial charge in [-0.1, -0.05) is 0 Å². The number of hydrogen-bond donors (Lipinski definition) is 2. The van der Waals surface area contributed by atoms with Crippen molar-refractivity contribution in [1.82, 2.24) is 15.6 Å². The summed E-state index contributed by atoms with van der Waals surface area (Å²) >= 11 is 1.58. The number of thiazole rings is 1. The minimum Gasteiger partial charge on any atom is -0.492 e. The second-order valence-electron chi connectivity index (χ2n) is 5.29. The Balaban J connectivity index is 1.71. The van der Waals surface area contributed by atoms with Gasteiger partial charge < -0.3 is 20.3 Å². The molecule has 1 heterocycles. The van der Waals surface area contributed by atoms with E-state index in [1.165, 1.54) is 6.07 Å². The lowest BCUT2D eigenvalue weighted by molar-refractivity contribution is 0.318. The Hall–Kier alpha value is -2.42. The number of nitrogens with one attached hydrogen (secondary N) is 2. The lowest BCUT2D eigenvalue weighted by Gasteiger charge is -2.12. The first-order valence-corrected chi connectivity index (χ1v) is 8.51. The fourth-order valence-corrected chi connectivity index (χ4v) is 2.64. The molecule has 0 aliphatic rings. The van der Waals surface area contributed by atoms with Crippen molar-refractivity contribution in [1.29, 1.82) is 0 Å². The third-order valence-electron chi connectivity index (χ3n) is 3.14. The van der Waals surface area contributed by atoms with Crippen molar-refractivity contribution in [2.45, 2.75) is 6.54 Å². The highest BCUT2D eigenvalue weighted by Crippen LogP contribution is 2.17. The topological polar surface area (TPSA) is 61.8 Å². The molecule has 9 heteroatoms. The number of guanidine groups is 1. The van der Waals surface area contributed by atoms with Gasteiger partial charge in [0.15, 0.2) is 22.7 Å². The number of aliphatic imine (C=N–C) groups is 1. The van der Waals surface area contributed by atoms with E-state index in [1.54, 1.807) is 18.4 Å². The summed E-state index contributed by atoms with van der Waals surface area (Å²) in [5.74, 6) is -0.937. The van der Waals surface area contributed by atoms with Gasteiger partial charge in [0.2, 0.25) is 0 Å². The third kappa shape index (κ3) is 5.86. The summed E-state index contributed by atoms with van der Waals surface area (Å²) in [4.78, 5) is 10.5. The number of benzene rings is 1. The number of anilines is 1. The van der Waals surface area contributed by atoms with E-state index in [-0.39, 0.29) is 12.4 Å². The van der Waals surface area contributed by atoms with E-state index < -0.39 is 11.6 Å². The number of ether oxygens (including phenoxy) is 1. The van der Waals surface area contributed by atoms with Gasteiger partial charge in [0.1, 0.15) is 12.4 Å². The quantitative estimate of drug-likeness (QED) is 0.445. The number of rotatable bonds is 7. The SMILES string of the molecule is CN=C(NCCOc1ccc(F)c(F)c1)NCc1csc(N(C)C)n1. The minimum atomic E-state index is -0.928. The molecule has 0 bridgehead atoms. The predicted molar refractivity (Wildman–Crippen MR) is 96.5 cm³/mol. The van der Waals surface area contributed by atoms with Gasteiger partial charge in [-0.15, -0.1) is 11.3 Å². The van der Waals surface area contributed by atoms with Gasteiger partial charge in [-0.05, 0) is 12.1 Å². The summed E-state index contributed by atoms with van der Waals surface area (Å²) in [6, 6.07) is 3.44. The molecular weight excluding hydrogens is 348 g/mol. The first-order chi connectivity index (χ1) is 12.0. The molecule has 2 N–H and O–H groups in total. The van der Waals surface area contributed by atoms with Gasteiger partial charge in [0.25, 0.3) is 0 Å². The molecule has 1 aromatic heterocycles. The maximum atomic E-state index is 13.1. The highest BCUT2D eigenvalue weighted by molar-refractivity contribution is 7.13. The smallest absolute Gasteiger partial charge is 0.191 e. The van der Waals surface area contributed by atoms with Crippen molar-refractivity contribution in [3.05, 3.63) is 40.9 Å². The van der Waals surface area contributed by atoms with Crippen molar-refractivity contribution < 1.29 is 13.5 Å². The Labute approximate surface area is 149 Å². The molecule has 0 saturated carbocycles. The molecule has 6 nitrogen and oxygen atoms in total. The first-order valence-electron chi connectivity index (χ1n) is 7.63. The molecule has 0 aliphatic heterocycles. The van der Waals surface area contributed by atoms with Gasteiger partial charge in [-0.3, -0.25) is 4.99 Å². The zero-order valence-electron chi connectivity index (χ0n) is 14.3. The Morgan fingerprint density at radius 3 is 2.72 bits per heavy atom. The summed E-state index contributed by atoms with van der Waals surface area (Å²) < 4.78 is 31.3. The maximum Gasteiger partial charge on any atom is 0.191 e. The van der Waals surface area contributed by atoms with Crippen LogP contribution in [0, 0.1) is 11.6 Å². The molecule has 0 atom stereocenters. The Kier molecular flexibility index (Phi) is 6.93. The van der Waals surface area contributed by atoms with Crippen LogP contribution in [0.5, 0.6) is 5.75 Å². The van der Waals surface area contributed by atoms with Crippen LogP contribution in [0.1, 0.15) is 5.69 Å². The van der Waals surface area contributed by atoms with Crippen LogP contribution in [0.15, 0.2) is 28.6 Å². The van der Waals surface area contributed by atoms with E-state index >= 15 is 0 Å². The van der Waals surface area contributed by atoms with E-state index in [9.17, 15) is 8.78 Å². The molecule has 0 saturated heterocycles. The fourth-order valence-electron chi connectivity index (χ4n) is 1.88. The van der Waals surface area contributed by atoms with Crippen LogP contribution >= 0.6 is 11.3 Å². The molecule has 2 rings (SSSR count). The molecule has 0 spiro atoms. The Morgan fingerprint density at radius 1 is 1.28 bits per heavy atom. The van der Waals surface area contributed by atoms with Crippen molar-refractivity contribution in [2.24, 2.45) is 4.99 Å².